The molecule has 0 bridgehead atoms. The molecule has 0 radical (unpaired) electrons. The Labute approximate surface area is 122 Å². The molecule has 1 aliphatic rings. The van der Waals surface area contributed by atoms with Gasteiger partial charge in [-0.1, -0.05) is 23.7 Å². The first kappa shape index (κ1) is 13.0. The molecule has 4 heteroatoms. The third kappa shape index (κ3) is 2.94. The SMILES string of the molecule is Nc1cc(Cl)cc(C(=O)c2cccc(OC3CC3)c2)c1. The number of rotatable bonds is 4. The minimum atomic E-state index is -0.111. The van der Waals surface area contributed by atoms with Crippen molar-refractivity contribution >= 4 is 23.1 Å². The summed E-state index contributed by atoms with van der Waals surface area (Å²) in [6, 6.07) is 12.1. The van der Waals surface area contributed by atoms with Gasteiger partial charge in [0, 0.05) is 21.8 Å². The van der Waals surface area contributed by atoms with Gasteiger partial charge >= 0.3 is 0 Å². The molecule has 0 spiro atoms. The van der Waals surface area contributed by atoms with Gasteiger partial charge in [0.25, 0.3) is 0 Å². The summed E-state index contributed by atoms with van der Waals surface area (Å²) >= 11 is 5.93. The number of nitrogen functional groups attached to an aromatic ring is 1. The normalized spacial score (nSPS) is 14.1. The third-order valence-electron chi connectivity index (χ3n) is 3.11. The quantitative estimate of drug-likeness (QED) is 0.689. The number of ketones is 1. The average molecular weight is 288 g/mol. The van der Waals surface area contributed by atoms with Gasteiger partial charge in [-0.05, 0) is 43.2 Å². The van der Waals surface area contributed by atoms with Crippen LogP contribution in [0.2, 0.25) is 5.02 Å². The van der Waals surface area contributed by atoms with E-state index in [4.69, 9.17) is 22.1 Å². The van der Waals surface area contributed by atoms with E-state index < -0.39 is 0 Å². The van der Waals surface area contributed by atoms with E-state index in [1.807, 2.05) is 12.1 Å². The minimum absolute atomic E-state index is 0.111. The Bertz CT molecular complexity index is 645. The van der Waals surface area contributed by atoms with Crippen LogP contribution >= 0.6 is 11.6 Å². The first-order valence-electron chi connectivity index (χ1n) is 6.49. The van der Waals surface area contributed by atoms with Crippen LogP contribution in [-0.2, 0) is 0 Å². The summed E-state index contributed by atoms with van der Waals surface area (Å²) in [6.45, 7) is 0. The lowest BCUT2D eigenvalue weighted by Crippen LogP contribution is -2.03. The Morgan fingerprint density at radius 1 is 1.15 bits per heavy atom. The Hall–Kier alpha value is -2.00. The first-order valence-corrected chi connectivity index (χ1v) is 6.87. The van der Waals surface area contributed by atoms with E-state index in [1.165, 1.54) is 0 Å². The second-order valence-corrected chi connectivity index (χ2v) is 5.38. The van der Waals surface area contributed by atoms with E-state index in [2.05, 4.69) is 0 Å². The van der Waals surface area contributed by atoms with Gasteiger partial charge < -0.3 is 10.5 Å². The lowest BCUT2D eigenvalue weighted by atomic mass is 10.0. The summed E-state index contributed by atoms with van der Waals surface area (Å²) in [5, 5.41) is 0.457. The molecule has 0 aromatic heterocycles. The molecule has 2 N–H and O–H groups in total. The van der Waals surface area contributed by atoms with Crippen LogP contribution in [0.3, 0.4) is 0 Å². The molecule has 20 heavy (non-hydrogen) atoms. The molecule has 0 amide bonds. The maximum Gasteiger partial charge on any atom is 0.193 e. The number of benzene rings is 2. The summed E-state index contributed by atoms with van der Waals surface area (Å²) < 4.78 is 5.70. The topological polar surface area (TPSA) is 52.3 Å². The van der Waals surface area contributed by atoms with Crippen molar-refractivity contribution in [2.75, 3.05) is 5.73 Å². The van der Waals surface area contributed by atoms with Crippen LogP contribution < -0.4 is 10.5 Å². The molecular weight excluding hydrogens is 274 g/mol. The zero-order valence-electron chi connectivity index (χ0n) is 10.8. The molecule has 1 saturated carbocycles. The lowest BCUT2D eigenvalue weighted by molar-refractivity contribution is 0.103. The Kier molecular flexibility index (Phi) is 3.36. The van der Waals surface area contributed by atoms with Crippen LogP contribution in [0, 0.1) is 0 Å². The van der Waals surface area contributed by atoms with Gasteiger partial charge in [-0.25, -0.2) is 0 Å². The van der Waals surface area contributed by atoms with Crippen LogP contribution in [-0.4, -0.2) is 11.9 Å². The van der Waals surface area contributed by atoms with Crippen molar-refractivity contribution in [1.29, 1.82) is 0 Å². The van der Waals surface area contributed by atoms with Crippen LogP contribution in [0.15, 0.2) is 42.5 Å². The van der Waals surface area contributed by atoms with E-state index in [9.17, 15) is 4.79 Å². The summed E-state index contributed by atoms with van der Waals surface area (Å²) in [7, 11) is 0. The van der Waals surface area contributed by atoms with Crippen LogP contribution in [0.5, 0.6) is 5.75 Å². The van der Waals surface area contributed by atoms with Gasteiger partial charge in [0.05, 0.1) is 6.10 Å². The maximum absolute atomic E-state index is 12.4. The molecule has 0 heterocycles. The fraction of sp³-hybridized carbons (Fsp3) is 0.188. The van der Waals surface area contributed by atoms with E-state index in [1.54, 1.807) is 30.3 Å². The number of nitrogens with two attached hydrogens (primary N) is 1. The molecule has 2 aromatic carbocycles. The fourth-order valence-electron chi connectivity index (χ4n) is 2.00. The first-order chi connectivity index (χ1) is 9.61. The Morgan fingerprint density at radius 3 is 2.65 bits per heavy atom. The smallest absolute Gasteiger partial charge is 0.193 e. The van der Waals surface area contributed by atoms with E-state index in [0.29, 0.717) is 27.9 Å². The molecule has 102 valence electrons. The summed E-state index contributed by atoms with van der Waals surface area (Å²) in [5.74, 6) is 0.619. The molecule has 0 aliphatic heterocycles. The van der Waals surface area contributed by atoms with Gasteiger partial charge in [-0.3, -0.25) is 4.79 Å². The third-order valence-corrected chi connectivity index (χ3v) is 3.32. The molecule has 3 rings (SSSR count). The van der Waals surface area contributed by atoms with Crippen molar-refractivity contribution in [2.24, 2.45) is 0 Å². The number of halogens is 1. The predicted octanol–water partition coefficient (Wildman–Crippen LogP) is 3.69. The number of carbonyl (C=O) groups excluding carboxylic acids is 1. The van der Waals surface area contributed by atoms with Gasteiger partial charge in [0.2, 0.25) is 0 Å². The molecule has 0 unspecified atom stereocenters. The molecule has 0 atom stereocenters. The Balaban J connectivity index is 1.88. The van der Waals surface area contributed by atoms with Crippen molar-refractivity contribution in [2.45, 2.75) is 18.9 Å². The van der Waals surface area contributed by atoms with Crippen molar-refractivity contribution in [1.82, 2.24) is 0 Å². The zero-order valence-corrected chi connectivity index (χ0v) is 11.6. The van der Waals surface area contributed by atoms with E-state index in [-0.39, 0.29) is 5.78 Å². The lowest BCUT2D eigenvalue weighted by Gasteiger charge is -2.07. The van der Waals surface area contributed by atoms with Crippen molar-refractivity contribution in [3.8, 4) is 5.75 Å². The predicted molar refractivity (Wildman–Crippen MR) is 79.4 cm³/mol. The second kappa shape index (κ2) is 5.17. The number of anilines is 1. The largest absolute Gasteiger partial charge is 0.490 e. The highest BCUT2D eigenvalue weighted by Crippen LogP contribution is 2.28. The van der Waals surface area contributed by atoms with Crippen molar-refractivity contribution in [3.63, 3.8) is 0 Å². The monoisotopic (exact) mass is 287 g/mol. The highest BCUT2D eigenvalue weighted by atomic mass is 35.5. The van der Waals surface area contributed by atoms with Gasteiger partial charge in [0.1, 0.15) is 5.75 Å². The number of hydrogen-bond donors (Lipinski definition) is 1. The second-order valence-electron chi connectivity index (χ2n) is 4.95. The Morgan fingerprint density at radius 2 is 1.95 bits per heavy atom. The molecule has 3 nitrogen and oxygen atoms in total. The minimum Gasteiger partial charge on any atom is -0.490 e. The van der Waals surface area contributed by atoms with Crippen LogP contribution in [0.25, 0.3) is 0 Å². The summed E-state index contributed by atoms with van der Waals surface area (Å²) in [6.07, 6.45) is 2.48. The van der Waals surface area contributed by atoms with Gasteiger partial charge in [-0.2, -0.15) is 0 Å². The highest BCUT2D eigenvalue weighted by molar-refractivity contribution is 6.31. The van der Waals surface area contributed by atoms with Gasteiger partial charge in [0.15, 0.2) is 5.78 Å². The molecule has 1 fully saturated rings. The number of hydrogen-bond acceptors (Lipinski definition) is 3. The van der Waals surface area contributed by atoms with Gasteiger partial charge in [-0.15, -0.1) is 0 Å². The van der Waals surface area contributed by atoms with Crippen LogP contribution in [0.1, 0.15) is 28.8 Å². The highest BCUT2D eigenvalue weighted by Gasteiger charge is 2.23. The summed E-state index contributed by atoms with van der Waals surface area (Å²) in [5.41, 5.74) is 7.25. The van der Waals surface area contributed by atoms with E-state index >= 15 is 0 Å². The maximum atomic E-state index is 12.4. The summed E-state index contributed by atoms with van der Waals surface area (Å²) in [4.78, 5) is 12.4. The van der Waals surface area contributed by atoms with E-state index in [0.717, 1.165) is 18.6 Å². The number of ether oxygens (including phenoxy) is 1. The fourth-order valence-corrected chi connectivity index (χ4v) is 2.24. The molecular formula is C16H14ClNO2. The van der Waals surface area contributed by atoms with Crippen LogP contribution in [0.4, 0.5) is 5.69 Å². The molecule has 2 aromatic rings. The van der Waals surface area contributed by atoms with Crippen molar-refractivity contribution < 1.29 is 9.53 Å². The molecule has 0 saturated heterocycles. The number of carbonyl (C=O) groups is 1. The standard InChI is InChI=1S/C16H14ClNO2/c17-12-6-11(7-13(18)9-12)16(19)10-2-1-3-15(8-10)20-14-4-5-14/h1-3,6-9,14H,4-5,18H2. The molecule has 1 aliphatic carbocycles. The zero-order chi connectivity index (χ0) is 14.1. The average Bonchev–Trinajstić information content (AvgIpc) is 3.21. The van der Waals surface area contributed by atoms with Crippen molar-refractivity contribution in [3.05, 3.63) is 58.6 Å².